The van der Waals surface area contributed by atoms with Crippen molar-refractivity contribution in [3.8, 4) is 0 Å². The van der Waals surface area contributed by atoms with Crippen LogP contribution in [0.2, 0.25) is 0 Å². The lowest BCUT2D eigenvalue weighted by molar-refractivity contribution is 0.483. The van der Waals surface area contributed by atoms with Gasteiger partial charge in [0.2, 0.25) is 0 Å². The highest BCUT2D eigenvalue weighted by Crippen LogP contribution is 2.30. The summed E-state index contributed by atoms with van der Waals surface area (Å²) in [6.07, 6.45) is 3.87. The Morgan fingerprint density at radius 2 is 1.89 bits per heavy atom. The predicted molar refractivity (Wildman–Crippen MR) is 107 cm³/mol. The van der Waals surface area contributed by atoms with Crippen LogP contribution in [0.25, 0.3) is 0 Å². The van der Waals surface area contributed by atoms with Crippen LogP contribution < -0.4 is 10.2 Å². The molecule has 1 saturated carbocycles. The first-order valence-electron chi connectivity index (χ1n) is 9.28. The number of aryl methyl sites for hydroxylation is 1. The van der Waals surface area contributed by atoms with Gasteiger partial charge in [-0.1, -0.05) is 23.8 Å². The first-order valence-corrected chi connectivity index (χ1v) is 10.7. The topological polar surface area (TPSA) is 82.5 Å². The fraction of sp³-hybridized carbons (Fsp3) is 0.450. The van der Waals surface area contributed by atoms with Gasteiger partial charge in [-0.05, 0) is 49.4 Å². The van der Waals surface area contributed by atoms with E-state index in [0.29, 0.717) is 0 Å². The molecule has 2 aromatic rings. The number of fused-ring (bicyclic) bond motifs is 1. The van der Waals surface area contributed by atoms with Crippen LogP contribution in [0.4, 0.5) is 5.82 Å². The maximum Gasteiger partial charge on any atom is 0.294 e. The van der Waals surface area contributed by atoms with Gasteiger partial charge in [0.05, 0.1) is 4.90 Å². The van der Waals surface area contributed by atoms with E-state index in [1.807, 2.05) is 6.92 Å². The molecule has 2 N–H and O–H groups in total. The molecule has 1 aromatic carbocycles. The Balaban J connectivity index is 0.000000168. The van der Waals surface area contributed by atoms with Gasteiger partial charge in [0.25, 0.3) is 10.1 Å². The first-order chi connectivity index (χ1) is 12.8. The number of pyridine rings is 1. The van der Waals surface area contributed by atoms with E-state index in [0.717, 1.165) is 36.8 Å². The molecule has 27 heavy (non-hydrogen) atoms. The normalized spacial score (nSPS) is 16.1. The highest BCUT2D eigenvalue weighted by Gasteiger charge is 2.23. The summed E-state index contributed by atoms with van der Waals surface area (Å²) in [4.78, 5) is 7.02. The maximum atomic E-state index is 10.5. The van der Waals surface area contributed by atoms with E-state index in [-0.39, 0.29) is 4.90 Å². The van der Waals surface area contributed by atoms with Crippen molar-refractivity contribution < 1.29 is 13.0 Å². The Morgan fingerprint density at radius 3 is 2.52 bits per heavy atom. The average Bonchev–Trinajstić information content (AvgIpc) is 3.45. The summed E-state index contributed by atoms with van der Waals surface area (Å²) in [6.45, 7) is 5.06. The first kappa shape index (κ1) is 19.8. The number of nitrogens with zero attached hydrogens (tertiary/aromatic N) is 2. The van der Waals surface area contributed by atoms with Gasteiger partial charge in [-0.15, -0.1) is 0 Å². The maximum absolute atomic E-state index is 10.5. The molecule has 6 nitrogen and oxygen atoms in total. The zero-order chi connectivity index (χ0) is 19.4. The Kier molecular flexibility index (Phi) is 6.14. The molecule has 1 fully saturated rings. The van der Waals surface area contributed by atoms with Crippen molar-refractivity contribution in [2.75, 3.05) is 25.0 Å². The molecule has 0 atom stereocenters. The number of hydrogen-bond donors (Lipinski definition) is 2. The molecule has 1 aromatic heterocycles. The monoisotopic (exact) mass is 389 g/mol. The van der Waals surface area contributed by atoms with E-state index < -0.39 is 10.1 Å². The largest absolute Gasteiger partial charge is 0.359 e. The van der Waals surface area contributed by atoms with Crippen LogP contribution in [-0.2, 0) is 23.1 Å². The molecule has 7 heteroatoms. The number of rotatable bonds is 4. The zero-order valence-electron chi connectivity index (χ0n) is 15.9. The summed E-state index contributed by atoms with van der Waals surface area (Å²) in [5.74, 6) is 2.07. The van der Waals surface area contributed by atoms with Gasteiger partial charge in [0, 0.05) is 38.8 Å². The van der Waals surface area contributed by atoms with Gasteiger partial charge in [0.1, 0.15) is 5.82 Å². The van der Waals surface area contributed by atoms with Crippen LogP contribution in [0, 0.1) is 12.8 Å². The molecule has 146 valence electrons. The number of nitrogens with one attached hydrogen (secondary N) is 1. The lowest BCUT2D eigenvalue weighted by Crippen LogP contribution is -2.26. The van der Waals surface area contributed by atoms with Crippen molar-refractivity contribution >= 4 is 15.9 Å². The molecular weight excluding hydrogens is 362 g/mol. The van der Waals surface area contributed by atoms with Crippen molar-refractivity contribution in [2.45, 2.75) is 37.6 Å². The molecule has 0 saturated heterocycles. The minimum atomic E-state index is -4.02. The van der Waals surface area contributed by atoms with Crippen molar-refractivity contribution in [1.82, 2.24) is 10.3 Å². The van der Waals surface area contributed by atoms with Crippen molar-refractivity contribution in [2.24, 2.45) is 5.92 Å². The Labute approximate surface area is 161 Å². The molecular formula is C20H27N3O3S. The second-order valence-electron chi connectivity index (χ2n) is 7.31. The van der Waals surface area contributed by atoms with E-state index in [2.05, 4.69) is 29.4 Å². The molecule has 4 rings (SSSR count). The third kappa shape index (κ3) is 5.76. The third-order valence-corrected chi connectivity index (χ3v) is 5.71. The summed E-state index contributed by atoms with van der Waals surface area (Å²) in [5.41, 5.74) is 3.62. The van der Waals surface area contributed by atoms with Crippen LogP contribution in [0.15, 0.2) is 41.3 Å². The van der Waals surface area contributed by atoms with E-state index in [9.17, 15) is 8.42 Å². The molecule has 1 aliphatic carbocycles. The number of benzene rings is 1. The molecule has 1 aliphatic heterocycles. The van der Waals surface area contributed by atoms with Crippen LogP contribution in [0.5, 0.6) is 0 Å². The SMILES string of the molecule is CN(CC1CC1)c1ccc2c(n1)CCNC2.Cc1ccc(S(=O)(=O)O)cc1. The summed E-state index contributed by atoms with van der Waals surface area (Å²) in [6, 6.07) is 10.4. The standard InChI is InChI=1S/C13H19N3.C7H8O3S/c1-16(9-10-2-3-10)13-5-4-11-8-14-7-6-12(11)15-13;1-6-2-4-7(5-3-6)11(8,9)10/h4-5,10,14H,2-3,6-9H2,1H3;2-5H,1H3,(H,8,9,10). The molecule has 0 bridgehead atoms. The van der Waals surface area contributed by atoms with Crippen molar-refractivity contribution in [3.05, 3.63) is 53.2 Å². The summed E-state index contributed by atoms with van der Waals surface area (Å²) in [7, 11) is -1.86. The Bertz CT molecular complexity index is 878. The number of hydrogen-bond acceptors (Lipinski definition) is 5. The van der Waals surface area contributed by atoms with Gasteiger partial charge in [-0.3, -0.25) is 4.55 Å². The predicted octanol–water partition coefficient (Wildman–Crippen LogP) is 2.82. The summed E-state index contributed by atoms with van der Waals surface area (Å²) < 4.78 is 29.6. The quantitative estimate of drug-likeness (QED) is 0.783. The zero-order valence-corrected chi connectivity index (χ0v) is 16.7. The molecule has 2 aliphatic rings. The molecule has 0 amide bonds. The number of aromatic nitrogens is 1. The van der Waals surface area contributed by atoms with Crippen molar-refractivity contribution in [1.29, 1.82) is 0 Å². The summed E-state index contributed by atoms with van der Waals surface area (Å²) >= 11 is 0. The van der Waals surface area contributed by atoms with E-state index >= 15 is 0 Å². The third-order valence-electron chi connectivity index (χ3n) is 4.85. The average molecular weight is 390 g/mol. The van der Waals surface area contributed by atoms with Crippen LogP contribution >= 0.6 is 0 Å². The minimum Gasteiger partial charge on any atom is -0.359 e. The second kappa shape index (κ2) is 8.37. The van der Waals surface area contributed by atoms with Gasteiger partial charge in [0.15, 0.2) is 0 Å². The summed E-state index contributed by atoms with van der Waals surface area (Å²) in [5, 5.41) is 3.38. The molecule has 2 heterocycles. The smallest absolute Gasteiger partial charge is 0.294 e. The van der Waals surface area contributed by atoms with E-state index in [4.69, 9.17) is 9.54 Å². The highest BCUT2D eigenvalue weighted by molar-refractivity contribution is 7.85. The highest BCUT2D eigenvalue weighted by atomic mass is 32.2. The van der Waals surface area contributed by atoms with Gasteiger partial charge in [-0.25, -0.2) is 4.98 Å². The fourth-order valence-corrected chi connectivity index (χ4v) is 3.51. The van der Waals surface area contributed by atoms with Crippen LogP contribution in [-0.4, -0.2) is 38.1 Å². The second-order valence-corrected chi connectivity index (χ2v) is 8.74. The van der Waals surface area contributed by atoms with Gasteiger partial charge in [-0.2, -0.15) is 8.42 Å². The van der Waals surface area contributed by atoms with E-state index in [1.165, 1.54) is 42.8 Å². The Morgan fingerprint density at radius 1 is 1.19 bits per heavy atom. The van der Waals surface area contributed by atoms with Crippen molar-refractivity contribution in [3.63, 3.8) is 0 Å². The van der Waals surface area contributed by atoms with Crippen LogP contribution in [0.3, 0.4) is 0 Å². The molecule has 0 radical (unpaired) electrons. The van der Waals surface area contributed by atoms with Gasteiger partial charge >= 0.3 is 0 Å². The lowest BCUT2D eigenvalue weighted by Gasteiger charge is -2.22. The molecule has 0 spiro atoms. The van der Waals surface area contributed by atoms with Crippen LogP contribution in [0.1, 0.15) is 29.7 Å². The number of anilines is 1. The van der Waals surface area contributed by atoms with Gasteiger partial charge < -0.3 is 10.2 Å². The Hall–Kier alpha value is -1.96. The van der Waals surface area contributed by atoms with E-state index in [1.54, 1.807) is 12.1 Å². The molecule has 0 unspecified atom stereocenters. The minimum absolute atomic E-state index is 0.0666. The fourth-order valence-electron chi connectivity index (χ4n) is 3.03. The lowest BCUT2D eigenvalue weighted by atomic mass is 10.1.